The van der Waals surface area contributed by atoms with Crippen molar-refractivity contribution in [1.82, 2.24) is 24.6 Å². The van der Waals surface area contributed by atoms with Gasteiger partial charge in [-0.15, -0.1) is 0 Å². The molecular formula is C17H21N5O3. The average Bonchev–Trinajstić information content (AvgIpc) is 3.34. The van der Waals surface area contributed by atoms with E-state index in [-0.39, 0.29) is 23.9 Å². The molecule has 3 atom stereocenters. The molecule has 2 aliphatic heterocycles. The van der Waals surface area contributed by atoms with Crippen LogP contribution in [-0.4, -0.2) is 61.6 Å². The van der Waals surface area contributed by atoms with E-state index in [1.165, 1.54) is 18.9 Å². The lowest BCUT2D eigenvalue weighted by Crippen LogP contribution is -2.50. The number of rotatable bonds is 3. The summed E-state index contributed by atoms with van der Waals surface area (Å²) in [6, 6.07) is 1.98. The Morgan fingerprint density at radius 3 is 2.96 bits per heavy atom. The van der Waals surface area contributed by atoms with Crippen molar-refractivity contribution in [2.24, 2.45) is 5.92 Å². The molecule has 132 valence electrons. The predicted octanol–water partition coefficient (Wildman–Crippen LogP) is 1.02. The average molecular weight is 343 g/mol. The maximum Gasteiger partial charge on any atom is 0.257 e. The maximum absolute atomic E-state index is 12.6. The van der Waals surface area contributed by atoms with Gasteiger partial charge in [0.05, 0.1) is 24.4 Å². The van der Waals surface area contributed by atoms with Gasteiger partial charge in [-0.25, -0.2) is 4.98 Å². The molecule has 0 spiro atoms. The van der Waals surface area contributed by atoms with Crippen molar-refractivity contribution in [2.45, 2.75) is 38.4 Å². The Balaban J connectivity index is 1.49. The Kier molecular flexibility index (Phi) is 4.03. The van der Waals surface area contributed by atoms with Gasteiger partial charge in [0.25, 0.3) is 5.91 Å². The van der Waals surface area contributed by atoms with Crippen LogP contribution in [0.2, 0.25) is 0 Å². The van der Waals surface area contributed by atoms with Crippen LogP contribution in [0.4, 0.5) is 0 Å². The summed E-state index contributed by atoms with van der Waals surface area (Å²) < 4.78 is 6.79. The van der Waals surface area contributed by atoms with Crippen molar-refractivity contribution in [2.75, 3.05) is 13.1 Å². The summed E-state index contributed by atoms with van der Waals surface area (Å²) in [5.41, 5.74) is 0.582. The van der Waals surface area contributed by atoms with Gasteiger partial charge in [0.1, 0.15) is 18.9 Å². The van der Waals surface area contributed by atoms with Crippen LogP contribution < -0.4 is 0 Å². The fraction of sp³-hybridized carbons (Fsp3) is 0.529. The molecule has 4 heterocycles. The van der Waals surface area contributed by atoms with E-state index in [0.717, 1.165) is 12.8 Å². The van der Waals surface area contributed by atoms with Crippen LogP contribution in [0.25, 0.3) is 0 Å². The molecular weight excluding hydrogens is 322 g/mol. The van der Waals surface area contributed by atoms with Gasteiger partial charge in [0, 0.05) is 26.1 Å². The number of amides is 2. The first-order valence-corrected chi connectivity index (χ1v) is 8.56. The normalized spacial score (nSPS) is 25.9. The molecule has 0 saturated carbocycles. The lowest BCUT2D eigenvalue weighted by atomic mass is 9.91. The maximum atomic E-state index is 12.6. The molecule has 2 fully saturated rings. The number of carbonyl (C=O) groups excluding carboxylic acids is 2. The molecule has 0 unspecified atom stereocenters. The fourth-order valence-corrected chi connectivity index (χ4v) is 4.30. The number of likely N-dealkylation sites (tertiary alicyclic amines) is 2. The van der Waals surface area contributed by atoms with E-state index >= 15 is 0 Å². The highest BCUT2D eigenvalue weighted by atomic mass is 16.3. The second-order valence-electron chi connectivity index (χ2n) is 6.81. The molecule has 8 nitrogen and oxygen atoms in total. The van der Waals surface area contributed by atoms with Crippen molar-refractivity contribution in [3.63, 3.8) is 0 Å². The van der Waals surface area contributed by atoms with E-state index in [4.69, 9.17) is 4.42 Å². The van der Waals surface area contributed by atoms with Gasteiger partial charge in [-0.3, -0.25) is 14.3 Å². The van der Waals surface area contributed by atoms with E-state index in [1.54, 1.807) is 24.0 Å². The van der Waals surface area contributed by atoms with Crippen LogP contribution in [0.15, 0.2) is 35.7 Å². The molecule has 2 aliphatic rings. The minimum atomic E-state index is 0.00120. The van der Waals surface area contributed by atoms with Crippen molar-refractivity contribution in [3.05, 3.63) is 36.8 Å². The number of aromatic nitrogens is 3. The van der Waals surface area contributed by atoms with E-state index in [1.807, 2.05) is 9.80 Å². The van der Waals surface area contributed by atoms with Gasteiger partial charge in [-0.1, -0.05) is 0 Å². The molecule has 2 aromatic heterocycles. The third-order valence-electron chi connectivity index (χ3n) is 5.30. The predicted molar refractivity (Wildman–Crippen MR) is 87.5 cm³/mol. The minimum Gasteiger partial charge on any atom is -0.472 e. The second-order valence-corrected chi connectivity index (χ2v) is 6.81. The van der Waals surface area contributed by atoms with E-state index in [0.29, 0.717) is 31.1 Å². The third kappa shape index (κ3) is 2.92. The molecule has 0 radical (unpaired) electrons. The van der Waals surface area contributed by atoms with Crippen molar-refractivity contribution in [1.29, 1.82) is 0 Å². The summed E-state index contributed by atoms with van der Waals surface area (Å²) >= 11 is 0. The lowest BCUT2D eigenvalue weighted by Gasteiger charge is -2.38. The first kappa shape index (κ1) is 15.9. The summed E-state index contributed by atoms with van der Waals surface area (Å²) in [6.07, 6.45) is 7.86. The number of nitrogens with zero attached hydrogens (tertiary/aromatic N) is 5. The highest BCUT2D eigenvalue weighted by molar-refractivity contribution is 5.93. The largest absolute Gasteiger partial charge is 0.472 e. The Labute approximate surface area is 145 Å². The Morgan fingerprint density at radius 1 is 1.40 bits per heavy atom. The minimum absolute atomic E-state index is 0.00120. The summed E-state index contributed by atoms with van der Waals surface area (Å²) in [7, 11) is 0. The van der Waals surface area contributed by atoms with Crippen molar-refractivity contribution in [3.8, 4) is 0 Å². The Morgan fingerprint density at radius 2 is 2.28 bits per heavy atom. The molecule has 2 aromatic rings. The number of carbonyl (C=O) groups is 2. The highest BCUT2D eigenvalue weighted by Crippen LogP contribution is 2.36. The molecule has 4 rings (SSSR count). The number of hydrogen-bond donors (Lipinski definition) is 0. The standard InChI is InChI=1S/C17H21N5O3/c1-12(23)22-15(8-21-11-18-10-19-21)6-14-7-20(4-2-16(14)22)17(24)13-3-5-25-9-13/h3,5,9-11,14-16H,2,4,6-8H2,1H3/t14-,15+,16+/m0/s1. The molecule has 0 N–H and O–H groups in total. The van der Waals surface area contributed by atoms with Crippen LogP contribution in [0.5, 0.6) is 0 Å². The van der Waals surface area contributed by atoms with Gasteiger partial charge in [0.2, 0.25) is 5.91 Å². The van der Waals surface area contributed by atoms with Gasteiger partial charge < -0.3 is 14.2 Å². The fourth-order valence-electron chi connectivity index (χ4n) is 4.30. The van der Waals surface area contributed by atoms with Gasteiger partial charge in [-0.05, 0) is 24.8 Å². The summed E-state index contributed by atoms with van der Waals surface area (Å²) in [6.45, 7) is 3.60. The second kappa shape index (κ2) is 6.34. The highest BCUT2D eigenvalue weighted by Gasteiger charge is 2.46. The lowest BCUT2D eigenvalue weighted by molar-refractivity contribution is -0.132. The van der Waals surface area contributed by atoms with Crippen molar-refractivity contribution >= 4 is 11.8 Å². The van der Waals surface area contributed by atoms with Crippen molar-refractivity contribution < 1.29 is 14.0 Å². The quantitative estimate of drug-likeness (QED) is 0.831. The number of hydrogen-bond acceptors (Lipinski definition) is 5. The van der Waals surface area contributed by atoms with E-state index in [9.17, 15) is 9.59 Å². The van der Waals surface area contributed by atoms with Crippen LogP contribution in [0.3, 0.4) is 0 Å². The Hall–Kier alpha value is -2.64. The summed E-state index contributed by atoms with van der Waals surface area (Å²) in [5.74, 6) is 0.385. The molecule has 0 bridgehead atoms. The number of furan rings is 1. The topological polar surface area (TPSA) is 84.5 Å². The van der Waals surface area contributed by atoms with Crippen LogP contribution >= 0.6 is 0 Å². The van der Waals surface area contributed by atoms with Gasteiger partial charge >= 0.3 is 0 Å². The van der Waals surface area contributed by atoms with Crippen LogP contribution in [0, 0.1) is 5.92 Å². The van der Waals surface area contributed by atoms with Gasteiger partial charge in [-0.2, -0.15) is 5.10 Å². The molecule has 25 heavy (non-hydrogen) atoms. The van der Waals surface area contributed by atoms with Crippen LogP contribution in [-0.2, 0) is 11.3 Å². The molecule has 2 amide bonds. The molecule has 0 aromatic carbocycles. The van der Waals surface area contributed by atoms with E-state index < -0.39 is 0 Å². The zero-order valence-electron chi connectivity index (χ0n) is 14.1. The number of piperidine rings is 1. The smallest absolute Gasteiger partial charge is 0.257 e. The molecule has 0 aliphatic carbocycles. The SMILES string of the molecule is CC(=O)N1[C@@H](Cn2cncn2)C[C@H]2CN(C(=O)c3ccoc3)CC[C@H]21. The molecule has 2 saturated heterocycles. The monoisotopic (exact) mass is 343 g/mol. The van der Waals surface area contributed by atoms with Gasteiger partial charge in [0.15, 0.2) is 0 Å². The molecule has 8 heteroatoms. The first-order valence-electron chi connectivity index (χ1n) is 8.56. The van der Waals surface area contributed by atoms with Crippen LogP contribution in [0.1, 0.15) is 30.1 Å². The Bertz CT molecular complexity index is 742. The number of fused-ring (bicyclic) bond motifs is 1. The van der Waals surface area contributed by atoms with E-state index in [2.05, 4.69) is 10.1 Å². The first-order chi connectivity index (χ1) is 12.1. The summed E-state index contributed by atoms with van der Waals surface area (Å²) in [4.78, 5) is 32.6. The third-order valence-corrected chi connectivity index (χ3v) is 5.30. The zero-order chi connectivity index (χ0) is 17.4. The zero-order valence-corrected chi connectivity index (χ0v) is 14.1. The summed E-state index contributed by atoms with van der Waals surface area (Å²) in [5, 5.41) is 4.16.